The number of aliphatic hydroxyl groups is 1. The Morgan fingerprint density at radius 3 is 2.58 bits per heavy atom. The van der Waals surface area contributed by atoms with Crippen LogP contribution in [0.4, 0.5) is 0 Å². The topological polar surface area (TPSA) is 46.5 Å². The highest BCUT2D eigenvalue weighted by molar-refractivity contribution is 5.83. The predicted octanol–water partition coefficient (Wildman–Crippen LogP) is 5.44. The van der Waals surface area contributed by atoms with Crippen LogP contribution in [0.2, 0.25) is 0 Å². The normalized spacial score (nSPS) is 20.1. The van der Waals surface area contributed by atoms with Gasteiger partial charge >= 0.3 is 5.97 Å². The number of esters is 1. The van der Waals surface area contributed by atoms with Crippen molar-refractivity contribution in [3.63, 3.8) is 0 Å². The molecule has 1 aliphatic carbocycles. The Balaban J connectivity index is 2.67. The van der Waals surface area contributed by atoms with Crippen molar-refractivity contribution in [1.29, 1.82) is 0 Å². The first kappa shape index (κ1) is 22.2. The molecule has 3 heteroatoms. The van der Waals surface area contributed by atoms with E-state index in [0.717, 1.165) is 11.1 Å². The minimum atomic E-state index is -0.645. The van der Waals surface area contributed by atoms with E-state index in [1.807, 2.05) is 25.2 Å². The lowest BCUT2D eigenvalue weighted by Gasteiger charge is -2.32. The molecular formula is C23H34O3. The van der Waals surface area contributed by atoms with Crippen LogP contribution in [0, 0.1) is 5.41 Å². The number of carbonyl (C=O) groups excluding carboxylic acids is 1. The predicted molar refractivity (Wildman–Crippen MR) is 109 cm³/mol. The van der Waals surface area contributed by atoms with Gasteiger partial charge in [0.15, 0.2) is 0 Å². The van der Waals surface area contributed by atoms with E-state index in [4.69, 9.17) is 9.84 Å². The molecule has 26 heavy (non-hydrogen) atoms. The highest BCUT2D eigenvalue weighted by Crippen LogP contribution is 2.40. The smallest absolute Gasteiger partial charge is 0.331 e. The second-order valence-electron chi connectivity index (χ2n) is 7.90. The van der Waals surface area contributed by atoms with E-state index in [2.05, 4.69) is 39.8 Å². The number of rotatable bonds is 7. The van der Waals surface area contributed by atoms with Crippen molar-refractivity contribution in [2.24, 2.45) is 5.41 Å². The third-order valence-corrected chi connectivity index (χ3v) is 4.59. The van der Waals surface area contributed by atoms with Gasteiger partial charge in [-0.2, -0.15) is 0 Å². The number of carbonyl (C=O) groups is 1. The summed E-state index contributed by atoms with van der Waals surface area (Å²) in [6.07, 6.45) is 14.7. The van der Waals surface area contributed by atoms with Gasteiger partial charge in [0.1, 0.15) is 6.61 Å². The average Bonchev–Trinajstić information content (AvgIpc) is 2.51. The molecule has 0 aromatic heterocycles. The second-order valence-corrected chi connectivity index (χ2v) is 7.90. The fourth-order valence-electron chi connectivity index (χ4n) is 3.11. The molecule has 1 unspecified atom stereocenters. The largest absolute Gasteiger partial charge is 0.460 e. The Labute approximate surface area is 158 Å². The van der Waals surface area contributed by atoms with Crippen molar-refractivity contribution in [3.05, 3.63) is 58.7 Å². The number of hydrogen-bond acceptors (Lipinski definition) is 3. The van der Waals surface area contributed by atoms with Gasteiger partial charge in [-0.15, -0.1) is 0 Å². The molecule has 1 aliphatic rings. The molecule has 0 aromatic carbocycles. The first-order valence-electron chi connectivity index (χ1n) is 9.38. The molecule has 0 aliphatic heterocycles. The van der Waals surface area contributed by atoms with Gasteiger partial charge in [0.25, 0.3) is 0 Å². The fourth-order valence-corrected chi connectivity index (χ4v) is 3.11. The van der Waals surface area contributed by atoms with E-state index >= 15 is 0 Å². The van der Waals surface area contributed by atoms with E-state index in [-0.39, 0.29) is 12.0 Å². The molecule has 3 nitrogen and oxygen atoms in total. The van der Waals surface area contributed by atoms with Gasteiger partial charge in [0.2, 0.25) is 0 Å². The van der Waals surface area contributed by atoms with Crippen molar-refractivity contribution in [1.82, 2.24) is 0 Å². The Bertz CT molecular complexity index is 640. The molecular weight excluding hydrogens is 324 g/mol. The highest BCUT2D eigenvalue weighted by atomic mass is 16.5. The van der Waals surface area contributed by atoms with Crippen molar-refractivity contribution in [2.75, 3.05) is 6.61 Å². The molecule has 1 rings (SSSR count). The lowest BCUT2D eigenvalue weighted by atomic mass is 9.72. The summed E-state index contributed by atoms with van der Waals surface area (Å²) in [5, 5.41) is 9.10. The van der Waals surface area contributed by atoms with Crippen molar-refractivity contribution in [2.45, 2.75) is 66.9 Å². The molecule has 1 N–H and O–H groups in total. The molecule has 0 amide bonds. The van der Waals surface area contributed by atoms with Crippen LogP contribution in [-0.2, 0) is 9.53 Å². The molecule has 1 atom stereocenters. The maximum Gasteiger partial charge on any atom is 0.331 e. The molecule has 0 heterocycles. The first-order valence-corrected chi connectivity index (χ1v) is 9.38. The lowest BCUT2D eigenvalue weighted by Crippen LogP contribution is -2.19. The zero-order valence-electron chi connectivity index (χ0n) is 17.1. The lowest BCUT2D eigenvalue weighted by molar-refractivity contribution is -0.140. The van der Waals surface area contributed by atoms with E-state index in [0.29, 0.717) is 0 Å². The zero-order chi connectivity index (χ0) is 19.7. The summed E-state index contributed by atoms with van der Waals surface area (Å²) in [4.78, 5) is 11.5. The second kappa shape index (κ2) is 10.3. The summed E-state index contributed by atoms with van der Waals surface area (Å²) < 4.78 is 4.91. The first-order chi connectivity index (χ1) is 12.1. The zero-order valence-corrected chi connectivity index (χ0v) is 17.1. The van der Waals surface area contributed by atoms with Gasteiger partial charge < -0.3 is 9.84 Å². The summed E-state index contributed by atoms with van der Waals surface area (Å²) in [6.45, 7) is 12.4. The summed E-state index contributed by atoms with van der Waals surface area (Å²) in [6, 6.07) is 0. The van der Waals surface area contributed by atoms with E-state index < -0.39 is 12.1 Å². The molecule has 0 saturated heterocycles. The Morgan fingerprint density at radius 1 is 1.27 bits per heavy atom. The van der Waals surface area contributed by atoms with Gasteiger partial charge in [-0.3, -0.25) is 0 Å². The number of allylic oxidation sites excluding steroid dienone is 9. The summed E-state index contributed by atoms with van der Waals surface area (Å²) in [5.41, 5.74) is 5.17. The van der Waals surface area contributed by atoms with Crippen molar-refractivity contribution in [3.8, 4) is 0 Å². The summed E-state index contributed by atoms with van der Waals surface area (Å²) >= 11 is 0. The SMILES string of the molecule is CC(C=CC1=C(C)CCCC1(C)C)=CC=CC(C)=CC(=O)OCC(C)O. The van der Waals surface area contributed by atoms with Crippen LogP contribution in [0.15, 0.2) is 58.7 Å². The Hall–Kier alpha value is -1.87. The monoisotopic (exact) mass is 358 g/mol. The van der Waals surface area contributed by atoms with Crippen LogP contribution in [0.25, 0.3) is 0 Å². The van der Waals surface area contributed by atoms with Gasteiger partial charge in [0, 0.05) is 6.08 Å². The Morgan fingerprint density at radius 2 is 1.96 bits per heavy atom. The molecule has 144 valence electrons. The number of ether oxygens (including phenoxy) is 1. The van der Waals surface area contributed by atoms with Gasteiger partial charge in [-0.05, 0) is 63.5 Å². The fraction of sp³-hybridized carbons (Fsp3) is 0.522. The van der Waals surface area contributed by atoms with Gasteiger partial charge in [-0.1, -0.05) is 55.4 Å². The molecule has 0 aromatic rings. The number of aliphatic hydroxyl groups excluding tert-OH is 1. The van der Waals surface area contributed by atoms with Crippen LogP contribution < -0.4 is 0 Å². The molecule has 0 bridgehead atoms. The van der Waals surface area contributed by atoms with Crippen molar-refractivity contribution < 1.29 is 14.6 Å². The summed E-state index contributed by atoms with van der Waals surface area (Å²) in [7, 11) is 0. The third-order valence-electron chi connectivity index (χ3n) is 4.59. The minimum Gasteiger partial charge on any atom is -0.460 e. The van der Waals surface area contributed by atoms with Crippen LogP contribution in [-0.4, -0.2) is 23.8 Å². The molecule has 0 spiro atoms. The van der Waals surface area contributed by atoms with Crippen LogP contribution in [0.1, 0.15) is 60.8 Å². The molecule has 0 saturated carbocycles. The quantitative estimate of drug-likeness (QED) is 0.374. The molecule has 0 fully saturated rings. The van der Waals surface area contributed by atoms with Crippen LogP contribution >= 0.6 is 0 Å². The maximum absolute atomic E-state index is 11.5. The van der Waals surface area contributed by atoms with Crippen LogP contribution in [0.3, 0.4) is 0 Å². The van der Waals surface area contributed by atoms with Crippen LogP contribution in [0.5, 0.6) is 0 Å². The van der Waals surface area contributed by atoms with Gasteiger partial charge in [-0.25, -0.2) is 4.79 Å². The molecule has 0 radical (unpaired) electrons. The number of hydrogen-bond donors (Lipinski definition) is 1. The highest BCUT2D eigenvalue weighted by Gasteiger charge is 2.26. The van der Waals surface area contributed by atoms with E-state index in [1.165, 1.54) is 36.5 Å². The minimum absolute atomic E-state index is 0.0156. The Kier molecular flexibility index (Phi) is 8.80. The average molecular weight is 359 g/mol. The van der Waals surface area contributed by atoms with Crippen molar-refractivity contribution >= 4 is 5.97 Å². The van der Waals surface area contributed by atoms with E-state index in [1.54, 1.807) is 6.92 Å². The third kappa shape index (κ3) is 8.01. The summed E-state index contributed by atoms with van der Waals surface area (Å²) in [5.74, 6) is -0.435. The standard InChI is InChI=1S/C23H34O3/c1-17(12-13-21-19(3)11-8-14-23(21,5)6)9-7-10-18(2)15-22(25)26-16-20(4)24/h7,9-10,12-13,15,20,24H,8,11,14,16H2,1-6H3. The maximum atomic E-state index is 11.5. The van der Waals surface area contributed by atoms with Gasteiger partial charge in [0.05, 0.1) is 6.10 Å². The van der Waals surface area contributed by atoms with E-state index in [9.17, 15) is 4.79 Å².